The van der Waals surface area contributed by atoms with Gasteiger partial charge in [-0.3, -0.25) is 4.79 Å². The standard InChI is InChI=1S/C21H31N3OS2/c1-15(2)14-18(21-23-17-9-5-6-10-19(17)24(21)3)22-20(25)11-7-4-8-16-12-13-26-27-16/h5-6,9-10,15-16,18H,4,7-8,11-14H2,1-3H3,(H,22,25)/t16?,18-/m0/s1. The predicted molar refractivity (Wildman–Crippen MR) is 118 cm³/mol. The van der Waals surface area contributed by atoms with Gasteiger partial charge in [-0.15, -0.1) is 0 Å². The number of fused-ring (bicyclic) bond motifs is 1. The molecule has 2 atom stereocenters. The van der Waals surface area contributed by atoms with Gasteiger partial charge in [-0.1, -0.05) is 54.0 Å². The maximum atomic E-state index is 12.6. The molecule has 148 valence electrons. The lowest BCUT2D eigenvalue weighted by Gasteiger charge is -2.20. The molecule has 2 aromatic rings. The molecule has 2 heterocycles. The Kier molecular flexibility index (Phi) is 7.53. The van der Waals surface area contributed by atoms with Crippen LogP contribution in [0.25, 0.3) is 11.0 Å². The van der Waals surface area contributed by atoms with Crippen LogP contribution < -0.4 is 5.32 Å². The number of aromatic nitrogens is 2. The lowest BCUT2D eigenvalue weighted by Crippen LogP contribution is -2.31. The average molecular weight is 406 g/mol. The maximum Gasteiger partial charge on any atom is 0.220 e. The largest absolute Gasteiger partial charge is 0.346 e. The number of unbranched alkanes of at least 4 members (excludes halogenated alkanes) is 1. The highest BCUT2D eigenvalue weighted by Crippen LogP contribution is 2.39. The van der Waals surface area contributed by atoms with E-state index in [2.05, 4.69) is 29.8 Å². The summed E-state index contributed by atoms with van der Waals surface area (Å²) < 4.78 is 2.12. The first-order chi connectivity index (χ1) is 13.0. The van der Waals surface area contributed by atoms with Crippen LogP contribution in [0.15, 0.2) is 24.3 Å². The third kappa shape index (κ3) is 5.67. The number of imidazole rings is 1. The van der Waals surface area contributed by atoms with Gasteiger partial charge in [0, 0.05) is 24.5 Å². The number of hydrogen-bond acceptors (Lipinski definition) is 4. The summed E-state index contributed by atoms with van der Waals surface area (Å²) in [5, 5.41) is 4.06. The Morgan fingerprint density at radius 2 is 2.15 bits per heavy atom. The molecule has 1 N–H and O–H groups in total. The minimum atomic E-state index is -0.0308. The van der Waals surface area contributed by atoms with Gasteiger partial charge in [0.1, 0.15) is 5.82 Å². The van der Waals surface area contributed by atoms with Crippen LogP contribution in [0.4, 0.5) is 0 Å². The minimum Gasteiger partial charge on any atom is -0.346 e. The van der Waals surface area contributed by atoms with Crippen molar-refractivity contribution in [2.75, 3.05) is 5.75 Å². The van der Waals surface area contributed by atoms with E-state index in [1.54, 1.807) is 0 Å². The van der Waals surface area contributed by atoms with E-state index in [1.807, 2.05) is 46.8 Å². The number of benzene rings is 1. The van der Waals surface area contributed by atoms with E-state index >= 15 is 0 Å². The Labute approximate surface area is 170 Å². The fraction of sp³-hybridized carbons (Fsp3) is 0.619. The number of nitrogens with one attached hydrogen (secondary N) is 1. The summed E-state index contributed by atoms with van der Waals surface area (Å²) in [7, 11) is 6.06. The highest BCUT2D eigenvalue weighted by molar-refractivity contribution is 8.77. The molecule has 1 saturated heterocycles. The molecule has 1 aliphatic rings. The van der Waals surface area contributed by atoms with Crippen LogP contribution in [0.5, 0.6) is 0 Å². The van der Waals surface area contributed by atoms with Gasteiger partial charge < -0.3 is 9.88 Å². The molecule has 4 nitrogen and oxygen atoms in total. The molecule has 1 aliphatic heterocycles. The van der Waals surface area contributed by atoms with Crippen molar-refractivity contribution in [2.24, 2.45) is 13.0 Å². The summed E-state index contributed by atoms with van der Waals surface area (Å²) in [4.78, 5) is 17.4. The molecule has 0 bridgehead atoms. The minimum absolute atomic E-state index is 0.0308. The Balaban J connectivity index is 1.58. The van der Waals surface area contributed by atoms with Crippen LogP contribution in [0.1, 0.15) is 64.2 Å². The molecule has 0 saturated carbocycles. The maximum absolute atomic E-state index is 12.6. The fourth-order valence-corrected chi connectivity index (χ4v) is 6.69. The van der Waals surface area contributed by atoms with Crippen molar-refractivity contribution in [1.82, 2.24) is 14.9 Å². The zero-order valence-electron chi connectivity index (χ0n) is 16.6. The van der Waals surface area contributed by atoms with Crippen molar-refractivity contribution in [3.8, 4) is 0 Å². The van der Waals surface area contributed by atoms with Crippen molar-refractivity contribution in [1.29, 1.82) is 0 Å². The number of carbonyl (C=O) groups is 1. The zero-order chi connectivity index (χ0) is 19.2. The third-order valence-corrected chi connectivity index (χ3v) is 8.09. The molecular weight excluding hydrogens is 374 g/mol. The molecule has 1 amide bonds. The second-order valence-corrected chi connectivity index (χ2v) is 10.6. The van der Waals surface area contributed by atoms with Crippen LogP contribution in [0.2, 0.25) is 0 Å². The van der Waals surface area contributed by atoms with Crippen LogP contribution in [0, 0.1) is 5.92 Å². The Bertz CT molecular complexity index is 753. The van der Waals surface area contributed by atoms with Crippen LogP contribution in [-0.2, 0) is 11.8 Å². The van der Waals surface area contributed by atoms with E-state index in [-0.39, 0.29) is 11.9 Å². The molecule has 1 fully saturated rings. The molecule has 3 rings (SSSR count). The van der Waals surface area contributed by atoms with Gasteiger partial charge in [-0.05, 0) is 43.7 Å². The average Bonchev–Trinajstić information content (AvgIpc) is 3.26. The molecule has 1 aromatic heterocycles. The Morgan fingerprint density at radius 1 is 1.33 bits per heavy atom. The monoisotopic (exact) mass is 405 g/mol. The summed E-state index contributed by atoms with van der Waals surface area (Å²) in [6.07, 6.45) is 6.20. The van der Waals surface area contributed by atoms with Crippen LogP contribution in [0.3, 0.4) is 0 Å². The molecule has 0 spiro atoms. The number of nitrogens with zero attached hydrogens (tertiary/aromatic N) is 2. The van der Waals surface area contributed by atoms with Gasteiger partial charge in [0.25, 0.3) is 0 Å². The first-order valence-electron chi connectivity index (χ1n) is 10.0. The topological polar surface area (TPSA) is 46.9 Å². The molecule has 1 aromatic carbocycles. The number of para-hydroxylation sites is 2. The third-order valence-electron chi connectivity index (χ3n) is 5.08. The molecule has 6 heteroatoms. The molecule has 27 heavy (non-hydrogen) atoms. The number of rotatable bonds is 9. The SMILES string of the molecule is CC(C)C[C@H](NC(=O)CCCCC1CCSS1)c1nc2ccccc2n1C. The first-order valence-corrected chi connectivity index (χ1v) is 12.4. The van der Waals surface area contributed by atoms with Crippen molar-refractivity contribution in [3.63, 3.8) is 0 Å². The van der Waals surface area contributed by atoms with E-state index in [9.17, 15) is 4.79 Å². The highest BCUT2D eigenvalue weighted by atomic mass is 33.1. The van der Waals surface area contributed by atoms with E-state index in [0.29, 0.717) is 12.3 Å². The number of aryl methyl sites for hydroxylation is 1. The Morgan fingerprint density at radius 3 is 2.85 bits per heavy atom. The summed E-state index contributed by atoms with van der Waals surface area (Å²) >= 11 is 0. The van der Waals surface area contributed by atoms with Gasteiger partial charge in [0.05, 0.1) is 17.1 Å². The second-order valence-electron chi connectivity index (χ2n) is 7.84. The second kappa shape index (κ2) is 9.87. The first kappa shape index (κ1) is 20.6. The van der Waals surface area contributed by atoms with Gasteiger partial charge >= 0.3 is 0 Å². The van der Waals surface area contributed by atoms with Crippen molar-refractivity contribution in [3.05, 3.63) is 30.1 Å². The van der Waals surface area contributed by atoms with Crippen LogP contribution >= 0.6 is 21.6 Å². The number of carbonyl (C=O) groups excluding carboxylic acids is 1. The molecule has 0 aliphatic carbocycles. The molecular formula is C21H31N3OS2. The smallest absolute Gasteiger partial charge is 0.220 e. The number of hydrogen-bond donors (Lipinski definition) is 1. The lowest BCUT2D eigenvalue weighted by atomic mass is 10.0. The van der Waals surface area contributed by atoms with Crippen molar-refractivity contribution >= 4 is 38.5 Å². The van der Waals surface area contributed by atoms with E-state index < -0.39 is 0 Å². The quantitative estimate of drug-likeness (QED) is 0.442. The van der Waals surface area contributed by atoms with Gasteiger partial charge in [0.15, 0.2) is 0 Å². The van der Waals surface area contributed by atoms with Gasteiger partial charge in [0.2, 0.25) is 5.91 Å². The van der Waals surface area contributed by atoms with Gasteiger partial charge in [-0.2, -0.15) is 0 Å². The van der Waals surface area contributed by atoms with Crippen molar-refractivity contribution in [2.45, 2.75) is 63.7 Å². The molecule has 1 unspecified atom stereocenters. The lowest BCUT2D eigenvalue weighted by molar-refractivity contribution is -0.122. The zero-order valence-corrected chi connectivity index (χ0v) is 18.2. The fourth-order valence-electron chi connectivity index (χ4n) is 3.66. The van der Waals surface area contributed by atoms with Gasteiger partial charge in [-0.25, -0.2) is 4.98 Å². The highest BCUT2D eigenvalue weighted by Gasteiger charge is 2.22. The summed E-state index contributed by atoms with van der Waals surface area (Å²) in [5.41, 5.74) is 2.10. The van der Waals surface area contributed by atoms with E-state index in [0.717, 1.165) is 41.4 Å². The summed E-state index contributed by atoms with van der Waals surface area (Å²) in [6, 6.07) is 8.13. The van der Waals surface area contributed by atoms with Crippen LogP contribution in [-0.4, -0.2) is 26.5 Å². The van der Waals surface area contributed by atoms with E-state index in [4.69, 9.17) is 4.98 Å². The predicted octanol–water partition coefficient (Wildman–Crippen LogP) is 5.49. The van der Waals surface area contributed by atoms with E-state index in [1.165, 1.54) is 18.6 Å². The Hall–Kier alpha value is -1.14. The normalized spacial score (nSPS) is 18.3. The number of amides is 1. The van der Waals surface area contributed by atoms with Crippen molar-refractivity contribution < 1.29 is 4.79 Å². The molecule has 0 radical (unpaired) electrons. The summed E-state index contributed by atoms with van der Waals surface area (Å²) in [6.45, 7) is 4.39. The summed E-state index contributed by atoms with van der Waals surface area (Å²) in [5.74, 6) is 2.89.